The highest BCUT2D eigenvalue weighted by Gasteiger charge is 2.08. The second kappa shape index (κ2) is 15.8. The number of nitrogens with zero attached hydrogens (tertiary/aromatic N) is 4. The molecule has 0 saturated carbocycles. The molecule has 0 aromatic rings. The number of piperazine rings is 1. The summed E-state index contributed by atoms with van der Waals surface area (Å²) in [5, 5.41) is 6.69. The minimum absolute atomic E-state index is 0. The van der Waals surface area contributed by atoms with Gasteiger partial charge in [-0.05, 0) is 5.53 Å². The van der Waals surface area contributed by atoms with Crippen LogP contribution < -0.4 is 5.32 Å². The second-order valence-corrected chi connectivity index (χ2v) is 4.38. The first-order valence-electron chi connectivity index (χ1n) is 7.10. The Morgan fingerprint density at radius 2 is 1.52 bits per heavy atom. The van der Waals surface area contributed by atoms with E-state index in [2.05, 4.69) is 20.2 Å². The van der Waals surface area contributed by atoms with E-state index in [4.69, 9.17) is 19.7 Å². The van der Waals surface area contributed by atoms with Crippen molar-refractivity contribution in [3.05, 3.63) is 10.4 Å². The van der Waals surface area contributed by atoms with Crippen LogP contribution in [-0.2, 0) is 14.2 Å². The van der Waals surface area contributed by atoms with Gasteiger partial charge in [-0.25, -0.2) is 0 Å². The lowest BCUT2D eigenvalue weighted by Gasteiger charge is -2.26. The maximum absolute atomic E-state index is 8.05. The average molecular weight is 324 g/mol. The van der Waals surface area contributed by atoms with Crippen molar-refractivity contribution in [2.75, 3.05) is 78.9 Å². The molecule has 0 radical (unpaired) electrons. The fourth-order valence-electron chi connectivity index (χ4n) is 1.82. The van der Waals surface area contributed by atoms with Crippen molar-refractivity contribution in [1.29, 1.82) is 0 Å². The van der Waals surface area contributed by atoms with Crippen LogP contribution in [0.5, 0.6) is 0 Å². The van der Waals surface area contributed by atoms with Crippen LogP contribution in [0.4, 0.5) is 0 Å². The maximum atomic E-state index is 8.05. The predicted molar refractivity (Wildman–Crippen MR) is 83.0 cm³/mol. The van der Waals surface area contributed by atoms with E-state index in [1.165, 1.54) is 0 Å². The fourth-order valence-corrected chi connectivity index (χ4v) is 1.82. The summed E-state index contributed by atoms with van der Waals surface area (Å²) in [6.07, 6.45) is 0. The quantitative estimate of drug-likeness (QED) is 0.247. The molecule has 1 N–H and O–H groups in total. The fraction of sp³-hybridized carbons (Fsp3) is 1.00. The van der Waals surface area contributed by atoms with Crippen molar-refractivity contribution in [2.24, 2.45) is 5.11 Å². The minimum atomic E-state index is 0. The number of ether oxygens (including phenoxy) is 3. The Bertz CT molecular complexity index is 274. The van der Waals surface area contributed by atoms with E-state index in [0.29, 0.717) is 39.6 Å². The van der Waals surface area contributed by atoms with Crippen LogP contribution in [0.1, 0.15) is 0 Å². The summed E-state index contributed by atoms with van der Waals surface area (Å²) >= 11 is 0. The van der Waals surface area contributed by atoms with Gasteiger partial charge < -0.3 is 19.5 Å². The molecule has 1 saturated heterocycles. The molecule has 0 atom stereocenters. The minimum Gasteiger partial charge on any atom is -0.379 e. The van der Waals surface area contributed by atoms with Crippen LogP contribution in [-0.4, -0.2) is 83.8 Å². The number of hydrogen-bond donors (Lipinski definition) is 1. The second-order valence-electron chi connectivity index (χ2n) is 4.38. The molecule has 21 heavy (non-hydrogen) atoms. The van der Waals surface area contributed by atoms with Gasteiger partial charge in [-0.15, -0.1) is 12.4 Å². The molecular formula is C12H26ClN5O3. The lowest BCUT2D eigenvalue weighted by atomic mass is 10.4. The molecule has 0 unspecified atom stereocenters. The standard InChI is InChI=1S/C12H25N5O3.ClH/c13-16-15-3-7-18-9-11-20-12-10-19-8-6-17-4-1-14-2-5-17;/h14H,1-12H2;1H. The van der Waals surface area contributed by atoms with E-state index in [9.17, 15) is 0 Å². The van der Waals surface area contributed by atoms with E-state index in [0.717, 1.165) is 39.3 Å². The van der Waals surface area contributed by atoms with E-state index >= 15 is 0 Å². The number of rotatable bonds is 12. The summed E-state index contributed by atoms with van der Waals surface area (Å²) in [5.41, 5.74) is 8.05. The van der Waals surface area contributed by atoms with E-state index < -0.39 is 0 Å². The van der Waals surface area contributed by atoms with Crippen molar-refractivity contribution < 1.29 is 14.2 Å². The first-order chi connectivity index (χ1) is 9.93. The Morgan fingerprint density at radius 1 is 0.952 bits per heavy atom. The van der Waals surface area contributed by atoms with Gasteiger partial charge >= 0.3 is 0 Å². The van der Waals surface area contributed by atoms with Crippen LogP contribution in [0, 0.1) is 0 Å². The Kier molecular flexibility index (Phi) is 15.3. The van der Waals surface area contributed by atoms with E-state index in [-0.39, 0.29) is 12.4 Å². The molecule has 124 valence electrons. The summed E-state index contributed by atoms with van der Waals surface area (Å²) in [4.78, 5) is 5.03. The van der Waals surface area contributed by atoms with Gasteiger partial charge in [-0.2, -0.15) is 0 Å². The lowest BCUT2D eigenvalue weighted by molar-refractivity contribution is 0.0113. The molecule has 0 aromatic carbocycles. The highest BCUT2D eigenvalue weighted by molar-refractivity contribution is 5.85. The van der Waals surface area contributed by atoms with E-state index in [1.54, 1.807) is 0 Å². The van der Waals surface area contributed by atoms with Crippen molar-refractivity contribution in [2.45, 2.75) is 0 Å². The zero-order valence-corrected chi connectivity index (χ0v) is 13.2. The summed E-state index contributed by atoms with van der Waals surface area (Å²) in [5.74, 6) is 0. The zero-order valence-electron chi connectivity index (χ0n) is 12.4. The first-order valence-corrected chi connectivity index (χ1v) is 7.10. The molecule has 1 rings (SSSR count). The number of halogens is 1. The van der Waals surface area contributed by atoms with Crippen LogP contribution in [0.3, 0.4) is 0 Å². The molecule has 9 heteroatoms. The third kappa shape index (κ3) is 12.8. The van der Waals surface area contributed by atoms with E-state index in [1.807, 2.05) is 0 Å². The molecule has 0 bridgehead atoms. The molecule has 0 aliphatic carbocycles. The SMILES string of the molecule is Cl.[N-]=[N+]=NCCOCCOCCOCCN1CCNCC1. The Morgan fingerprint density at radius 3 is 2.14 bits per heavy atom. The summed E-state index contributed by atoms with van der Waals surface area (Å²) in [7, 11) is 0. The third-order valence-electron chi connectivity index (χ3n) is 2.90. The lowest BCUT2D eigenvalue weighted by Crippen LogP contribution is -2.44. The van der Waals surface area contributed by atoms with Crippen molar-refractivity contribution in [3.8, 4) is 0 Å². The monoisotopic (exact) mass is 323 g/mol. The average Bonchev–Trinajstić information content (AvgIpc) is 2.49. The molecule has 1 aliphatic heterocycles. The van der Waals surface area contributed by atoms with Crippen LogP contribution in [0.2, 0.25) is 0 Å². The molecule has 1 aliphatic rings. The van der Waals surface area contributed by atoms with Gasteiger partial charge in [0.2, 0.25) is 0 Å². The van der Waals surface area contributed by atoms with Gasteiger partial charge in [0, 0.05) is 44.2 Å². The van der Waals surface area contributed by atoms with Crippen LogP contribution in [0.25, 0.3) is 10.4 Å². The Labute approximate surface area is 132 Å². The molecular weight excluding hydrogens is 298 g/mol. The molecule has 1 fully saturated rings. The van der Waals surface area contributed by atoms with Crippen molar-refractivity contribution in [3.63, 3.8) is 0 Å². The van der Waals surface area contributed by atoms with Crippen molar-refractivity contribution >= 4 is 12.4 Å². The van der Waals surface area contributed by atoms with Gasteiger partial charge in [0.15, 0.2) is 0 Å². The topological polar surface area (TPSA) is 91.7 Å². The number of hydrogen-bond acceptors (Lipinski definition) is 6. The van der Waals surface area contributed by atoms with Crippen LogP contribution in [0.15, 0.2) is 5.11 Å². The summed E-state index contributed by atoms with van der Waals surface area (Å²) in [6, 6.07) is 0. The molecule has 1 heterocycles. The molecule has 0 aromatic heterocycles. The van der Waals surface area contributed by atoms with Gasteiger partial charge in [0.25, 0.3) is 0 Å². The molecule has 0 spiro atoms. The normalized spacial score (nSPS) is 15.2. The first kappa shape index (κ1) is 20.4. The van der Waals surface area contributed by atoms with Gasteiger partial charge in [-0.1, -0.05) is 5.11 Å². The number of nitrogens with one attached hydrogen (secondary N) is 1. The Balaban J connectivity index is 0.00000400. The maximum Gasteiger partial charge on any atom is 0.0701 e. The zero-order chi connectivity index (χ0) is 14.3. The molecule has 0 amide bonds. The summed E-state index contributed by atoms with van der Waals surface area (Å²) < 4.78 is 16.1. The van der Waals surface area contributed by atoms with Gasteiger partial charge in [0.05, 0.1) is 39.6 Å². The smallest absolute Gasteiger partial charge is 0.0701 e. The van der Waals surface area contributed by atoms with Crippen LogP contribution >= 0.6 is 12.4 Å². The third-order valence-corrected chi connectivity index (χ3v) is 2.90. The van der Waals surface area contributed by atoms with Gasteiger partial charge in [-0.3, -0.25) is 4.90 Å². The highest BCUT2D eigenvalue weighted by atomic mass is 35.5. The largest absolute Gasteiger partial charge is 0.379 e. The summed E-state index contributed by atoms with van der Waals surface area (Å²) in [6.45, 7) is 9.16. The predicted octanol–water partition coefficient (Wildman–Crippen LogP) is 0.674. The number of azide groups is 1. The highest BCUT2D eigenvalue weighted by Crippen LogP contribution is 1.91. The molecule has 8 nitrogen and oxygen atoms in total. The Hall–Kier alpha value is -0.600. The van der Waals surface area contributed by atoms with Crippen molar-refractivity contribution in [1.82, 2.24) is 10.2 Å². The van der Waals surface area contributed by atoms with Gasteiger partial charge in [0.1, 0.15) is 0 Å².